The Bertz CT molecular complexity index is 339. The molecule has 1 heterocycles. The summed E-state index contributed by atoms with van der Waals surface area (Å²) >= 11 is 0. The molecule has 17 heavy (non-hydrogen) atoms. The van der Waals surface area contributed by atoms with Crippen LogP contribution in [-0.4, -0.2) is 58.5 Å². The Balaban J connectivity index is 2.95. The van der Waals surface area contributed by atoms with Crippen LogP contribution in [0.25, 0.3) is 0 Å². The van der Waals surface area contributed by atoms with E-state index in [1.807, 2.05) is 18.7 Å². The van der Waals surface area contributed by atoms with E-state index in [1.54, 1.807) is 18.0 Å². The second kappa shape index (κ2) is 4.87. The maximum Gasteiger partial charge on any atom is 0.305 e. The first-order chi connectivity index (χ1) is 7.79. The van der Waals surface area contributed by atoms with Crippen LogP contribution < -0.4 is 0 Å². The molecule has 0 spiro atoms. The zero-order valence-electron chi connectivity index (χ0n) is 10.6. The Morgan fingerprint density at radius 1 is 1.65 bits per heavy atom. The van der Waals surface area contributed by atoms with Crippen LogP contribution in [0.1, 0.15) is 20.3 Å². The van der Waals surface area contributed by atoms with Crippen molar-refractivity contribution in [3.05, 3.63) is 12.7 Å². The fraction of sp³-hybridized carbons (Fsp3) is 0.667. The van der Waals surface area contributed by atoms with Gasteiger partial charge in [-0.1, -0.05) is 6.08 Å². The van der Waals surface area contributed by atoms with Gasteiger partial charge in [0.2, 0.25) is 5.91 Å². The molecule has 1 fully saturated rings. The molecule has 0 bridgehead atoms. The van der Waals surface area contributed by atoms with Gasteiger partial charge in [0.05, 0.1) is 6.42 Å². The number of hydrogen-bond acceptors (Lipinski definition) is 3. The molecule has 1 N–H and O–H groups in total. The van der Waals surface area contributed by atoms with Crippen LogP contribution in [-0.2, 0) is 9.59 Å². The molecule has 0 aliphatic carbocycles. The summed E-state index contributed by atoms with van der Waals surface area (Å²) in [7, 11) is 1.80. The Hall–Kier alpha value is -1.36. The molecule has 5 nitrogen and oxygen atoms in total. The molecule has 0 radical (unpaired) electrons. The number of piperazine rings is 1. The Labute approximate surface area is 102 Å². The second-order valence-corrected chi connectivity index (χ2v) is 5.04. The molecule has 1 unspecified atom stereocenters. The summed E-state index contributed by atoms with van der Waals surface area (Å²) in [6, 6.07) is -0.587. The molecule has 96 valence electrons. The summed E-state index contributed by atoms with van der Waals surface area (Å²) in [5.74, 6) is -1.08. The lowest BCUT2D eigenvalue weighted by molar-refractivity contribution is -0.153. The van der Waals surface area contributed by atoms with Crippen molar-refractivity contribution in [3.8, 4) is 0 Å². The third kappa shape index (κ3) is 2.85. The lowest BCUT2D eigenvalue weighted by Crippen LogP contribution is -2.65. The van der Waals surface area contributed by atoms with Crippen molar-refractivity contribution in [2.45, 2.75) is 31.8 Å². The molecule has 5 heteroatoms. The fourth-order valence-electron chi connectivity index (χ4n) is 2.15. The van der Waals surface area contributed by atoms with Crippen LogP contribution in [0.3, 0.4) is 0 Å². The summed E-state index contributed by atoms with van der Waals surface area (Å²) in [4.78, 5) is 26.5. The maximum atomic E-state index is 12.1. The normalized spacial score (nSPS) is 24.8. The van der Waals surface area contributed by atoms with Crippen molar-refractivity contribution in [2.75, 3.05) is 20.1 Å². The van der Waals surface area contributed by atoms with Gasteiger partial charge >= 0.3 is 5.97 Å². The number of nitrogens with zero attached hydrogens (tertiary/aromatic N) is 2. The number of hydrogen-bond donors (Lipinski definition) is 1. The number of carbonyl (C=O) groups excluding carboxylic acids is 1. The minimum atomic E-state index is -0.952. The molecule has 1 aliphatic rings. The summed E-state index contributed by atoms with van der Waals surface area (Å²) in [5, 5.41) is 8.87. The average molecular weight is 240 g/mol. The van der Waals surface area contributed by atoms with Crippen molar-refractivity contribution < 1.29 is 14.7 Å². The predicted molar refractivity (Wildman–Crippen MR) is 64.7 cm³/mol. The minimum Gasteiger partial charge on any atom is -0.481 e. The zero-order valence-corrected chi connectivity index (χ0v) is 10.6. The predicted octanol–water partition coefficient (Wildman–Crippen LogP) is 0.568. The molecular formula is C12H20N2O3. The van der Waals surface area contributed by atoms with Gasteiger partial charge in [0.15, 0.2) is 0 Å². The molecular weight excluding hydrogens is 220 g/mol. The van der Waals surface area contributed by atoms with Crippen molar-refractivity contribution in [2.24, 2.45) is 0 Å². The molecule has 0 saturated carbocycles. The van der Waals surface area contributed by atoms with Crippen molar-refractivity contribution >= 4 is 11.9 Å². The number of carboxylic acids is 1. The summed E-state index contributed by atoms with van der Waals surface area (Å²) < 4.78 is 0. The molecule has 0 aromatic carbocycles. The first kappa shape index (κ1) is 13.7. The Morgan fingerprint density at radius 3 is 2.71 bits per heavy atom. The van der Waals surface area contributed by atoms with Crippen LogP contribution in [0, 0.1) is 0 Å². The van der Waals surface area contributed by atoms with Crippen molar-refractivity contribution in [1.29, 1.82) is 0 Å². The van der Waals surface area contributed by atoms with Gasteiger partial charge in [-0.15, -0.1) is 6.58 Å². The van der Waals surface area contributed by atoms with E-state index in [2.05, 4.69) is 6.58 Å². The van der Waals surface area contributed by atoms with Gasteiger partial charge < -0.3 is 10.0 Å². The monoisotopic (exact) mass is 240 g/mol. The van der Waals surface area contributed by atoms with Crippen LogP contribution in [0.5, 0.6) is 0 Å². The van der Waals surface area contributed by atoms with Gasteiger partial charge in [0.1, 0.15) is 6.04 Å². The average Bonchev–Trinajstić information content (AvgIpc) is 2.21. The van der Waals surface area contributed by atoms with E-state index < -0.39 is 12.0 Å². The summed E-state index contributed by atoms with van der Waals surface area (Å²) in [6.07, 6.45) is 1.50. The van der Waals surface area contributed by atoms with Crippen molar-refractivity contribution in [1.82, 2.24) is 9.80 Å². The van der Waals surface area contributed by atoms with Crippen molar-refractivity contribution in [3.63, 3.8) is 0 Å². The van der Waals surface area contributed by atoms with Gasteiger partial charge in [-0.05, 0) is 20.9 Å². The SMILES string of the molecule is C=CCN1CC(C)(C)N(C)C(CC(=O)O)C1=O. The Kier molecular flexibility index (Phi) is 3.93. The van der Waals surface area contributed by atoms with Crippen LogP contribution in [0.15, 0.2) is 12.7 Å². The number of likely N-dealkylation sites (N-methyl/N-ethyl adjacent to an activating group) is 1. The largest absolute Gasteiger partial charge is 0.481 e. The summed E-state index contributed by atoms with van der Waals surface area (Å²) in [6.45, 7) is 8.68. The number of carboxylic acid groups (broad SMARTS) is 1. The van der Waals surface area contributed by atoms with Crippen LogP contribution in [0.2, 0.25) is 0 Å². The molecule has 0 aromatic rings. The van der Waals surface area contributed by atoms with Gasteiger partial charge in [0, 0.05) is 18.6 Å². The topological polar surface area (TPSA) is 60.9 Å². The molecule has 1 atom stereocenters. The molecule has 0 aromatic heterocycles. The molecule has 1 amide bonds. The smallest absolute Gasteiger partial charge is 0.305 e. The minimum absolute atomic E-state index is 0.130. The first-order valence-corrected chi connectivity index (χ1v) is 5.64. The molecule has 1 rings (SSSR count). The van der Waals surface area contributed by atoms with E-state index in [1.165, 1.54) is 0 Å². The molecule has 1 saturated heterocycles. The third-order valence-electron chi connectivity index (χ3n) is 3.31. The number of rotatable bonds is 4. The van der Waals surface area contributed by atoms with Gasteiger partial charge in [-0.25, -0.2) is 0 Å². The van der Waals surface area contributed by atoms with E-state index in [-0.39, 0.29) is 17.9 Å². The molecule has 1 aliphatic heterocycles. The lowest BCUT2D eigenvalue weighted by atomic mass is 9.93. The first-order valence-electron chi connectivity index (χ1n) is 5.64. The van der Waals surface area contributed by atoms with Crippen LogP contribution in [0.4, 0.5) is 0 Å². The maximum absolute atomic E-state index is 12.1. The highest BCUT2D eigenvalue weighted by atomic mass is 16.4. The van der Waals surface area contributed by atoms with Gasteiger partial charge in [-0.2, -0.15) is 0 Å². The van der Waals surface area contributed by atoms with E-state index >= 15 is 0 Å². The fourth-order valence-corrected chi connectivity index (χ4v) is 2.15. The standard InChI is InChI=1S/C12H20N2O3/c1-5-6-14-8-12(2,3)13(4)9(11(14)17)7-10(15)16/h5,9H,1,6-8H2,2-4H3,(H,15,16). The van der Waals surface area contributed by atoms with Gasteiger partial charge in [-0.3, -0.25) is 14.5 Å². The van der Waals surface area contributed by atoms with E-state index in [0.29, 0.717) is 13.1 Å². The van der Waals surface area contributed by atoms with Gasteiger partial charge in [0.25, 0.3) is 0 Å². The number of aliphatic carboxylic acids is 1. The quantitative estimate of drug-likeness (QED) is 0.730. The number of carbonyl (C=O) groups is 2. The highest BCUT2D eigenvalue weighted by Crippen LogP contribution is 2.25. The lowest BCUT2D eigenvalue weighted by Gasteiger charge is -2.48. The zero-order chi connectivity index (χ0) is 13.2. The Morgan fingerprint density at radius 2 is 2.24 bits per heavy atom. The summed E-state index contributed by atoms with van der Waals surface area (Å²) in [5.41, 5.74) is -0.225. The van der Waals surface area contributed by atoms with E-state index in [4.69, 9.17) is 5.11 Å². The van der Waals surface area contributed by atoms with E-state index in [9.17, 15) is 9.59 Å². The highest BCUT2D eigenvalue weighted by Gasteiger charge is 2.43. The van der Waals surface area contributed by atoms with E-state index in [0.717, 1.165) is 0 Å². The highest BCUT2D eigenvalue weighted by molar-refractivity contribution is 5.87. The third-order valence-corrected chi connectivity index (χ3v) is 3.31. The second-order valence-electron chi connectivity index (χ2n) is 5.04. The van der Waals surface area contributed by atoms with Crippen LogP contribution >= 0.6 is 0 Å². The number of amides is 1.